The third-order valence-corrected chi connectivity index (χ3v) is 4.35. The van der Waals surface area contributed by atoms with Crippen LogP contribution < -0.4 is 5.56 Å². The number of halogens is 2. The summed E-state index contributed by atoms with van der Waals surface area (Å²) in [6.45, 7) is 0.0939. The lowest BCUT2D eigenvalue weighted by Crippen LogP contribution is -2.23. The molecular formula is C13H10Cl2N4O2S. The Hall–Kier alpha value is -1.70. The van der Waals surface area contributed by atoms with Crippen molar-refractivity contribution >= 4 is 34.5 Å². The molecule has 114 valence electrons. The standard InChI is InChI=1S/C13H10Cl2N4O2S/c14-9-3-4-16-19(13(9)20)6-12-17-11(18-21-12)2-1-8-5-10(15)22-7-8/h3-5,7H,1-2,6H2. The van der Waals surface area contributed by atoms with Crippen molar-refractivity contribution in [1.29, 1.82) is 0 Å². The summed E-state index contributed by atoms with van der Waals surface area (Å²) < 4.78 is 7.07. The lowest BCUT2D eigenvalue weighted by molar-refractivity contribution is 0.358. The monoisotopic (exact) mass is 356 g/mol. The highest BCUT2D eigenvalue weighted by atomic mass is 35.5. The van der Waals surface area contributed by atoms with Gasteiger partial charge in [0.2, 0.25) is 5.89 Å². The summed E-state index contributed by atoms with van der Waals surface area (Å²) in [6.07, 6.45) is 2.85. The number of aromatic nitrogens is 4. The van der Waals surface area contributed by atoms with Crippen LogP contribution in [0.2, 0.25) is 9.36 Å². The first kappa shape index (κ1) is 15.2. The van der Waals surface area contributed by atoms with Crippen molar-refractivity contribution in [3.05, 3.63) is 60.7 Å². The van der Waals surface area contributed by atoms with E-state index in [1.165, 1.54) is 28.3 Å². The summed E-state index contributed by atoms with van der Waals surface area (Å²) in [5.41, 5.74) is 0.742. The Morgan fingerprint density at radius 1 is 1.32 bits per heavy atom. The molecular weight excluding hydrogens is 347 g/mol. The summed E-state index contributed by atoms with van der Waals surface area (Å²) >= 11 is 13.1. The van der Waals surface area contributed by atoms with E-state index < -0.39 is 5.56 Å². The summed E-state index contributed by atoms with van der Waals surface area (Å²) in [7, 11) is 0. The molecule has 0 spiro atoms. The smallest absolute Gasteiger partial charge is 0.285 e. The van der Waals surface area contributed by atoms with Gasteiger partial charge in [0.25, 0.3) is 5.56 Å². The molecule has 0 saturated carbocycles. The summed E-state index contributed by atoms with van der Waals surface area (Å²) in [5.74, 6) is 0.891. The Balaban J connectivity index is 1.66. The Bertz CT molecular complexity index is 842. The second-order valence-corrected chi connectivity index (χ2v) is 6.46. The zero-order valence-electron chi connectivity index (χ0n) is 11.2. The van der Waals surface area contributed by atoms with Gasteiger partial charge in [-0.1, -0.05) is 28.4 Å². The highest BCUT2D eigenvalue weighted by Gasteiger charge is 2.10. The van der Waals surface area contributed by atoms with E-state index in [0.29, 0.717) is 18.1 Å². The Morgan fingerprint density at radius 2 is 2.18 bits per heavy atom. The second-order valence-electron chi connectivity index (χ2n) is 4.51. The molecule has 0 fully saturated rings. The van der Waals surface area contributed by atoms with Crippen LogP contribution in [0.3, 0.4) is 0 Å². The number of hydrogen-bond donors (Lipinski definition) is 0. The largest absolute Gasteiger partial charge is 0.337 e. The number of nitrogens with zero attached hydrogens (tertiary/aromatic N) is 4. The predicted molar refractivity (Wildman–Crippen MR) is 83.6 cm³/mol. The van der Waals surface area contributed by atoms with Crippen LogP contribution >= 0.6 is 34.5 Å². The molecule has 3 aromatic rings. The lowest BCUT2D eigenvalue weighted by Gasteiger charge is -1.99. The minimum atomic E-state index is -0.392. The number of aryl methyl sites for hydroxylation is 2. The molecule has 0 unspecified atom stereocenters. The fraction of sp³-hybridized carbons (Fsp3) is 0.231. The maximum Gasteiger partial charge on any atom is 0.285 e. The Morgan fingerprint density at radius 3 is 2.95 bits per heavy atom. The van der Waals surface area contributed by atoms with Gasteiger partial charge in [-0.15, -0.1) is 11.3 Å². The SMILES string of the molecule is O=c1c(Cl)ccnn1Cc1nc(CCc2csc(Cl)c2)no1. The van der Waals surface area contributed by atoms with Crippen molar-refractivity contribution < 1.29 is 4.52 Å². The lowest BCUT2D eigenvalue weighted by atomic mass is 10.2. The third kappa shape index (κ3) is 3.55. The fourth-order valence-electron chi connectivity index (χ4n) is 1.86. The van der Waals surface area contributed by atoms with E-state index in [4.69, 9.17) is 27.7 Å². The molecule has 3 aromatic heterocycles. The first-order chi connectivity index (χ1) is 10.6. The maximum atomic E-state index is 11.8. The van der Waals surface area contributed by atoms with Crippen LogP contribution in [-0.2, 0) is 19.4 Å². The second kappa shape index (κ2) is 6.60. The van der Waals surface area contributed by atoms with Crippen molar-refractivity contribution in [3.8, 4) is 0 Å². The summed E-state index contributed by atoms with van der Waals surface area (Å²) in [6, 6.07) is 3.36. The molecule has 0 aliphatic heterocycles. The first-order valence-corrected chi connectivity index (χ1v) is 8.01. The average molecular weight is 357 g/mol. The molecule has 6 nitrogen and oxygen atoms in total. The van der Waals surface area contributed by atoms with Crippen LogP contribution in [0.15, 0.2) is 33.0 Å². The van der Waals surface area contributed by atoms with E-state index in [-0.39, 0.29) is 11.6 Å². The van der Waals surface area contributed by atoms with Gasteiger partial charge >= 0.3 is 0 Å². The van der Waals surface area contributed by atoms with Gasteiger partial charge in [0, 0.05) is 12.6 Å². The summed E-state index contributed by atoms with van der Waals surface area (Å²) in [5, 5.41) is 9.91. The molecule has 3 rings (SSSR count). The van der Waals surface area contributed by atoms with Crippen molar-refractivity contribution in [3.63, 3.8) is 0 Å². The van der Waals surface area contributed by atoms with Crippen LogP contribution in [0.4, 0.5) is 0 Å². The highest BCUT2D eigenvalue weighted by molar-refractivity contribution is 7.14. The van der Waals surface area contributed by atoms with Gasteiger partial charge in [-0.25, -0.2) is 4.68 Å². The van der Waals surface area contributed by atoms with E-state index in [9.17, 15) is 4.79 Å². The number of hydrogen-bond acceptors (Lipinski definition) is 6. The van der Waals surface area contributed by atoms with Gasteiger partial charge in [0.05, 0.1) is 4.34 Å². The quantitative estimate of drug-likeness (QED) is 0.702. The normalized spacial score (nSPS) is 11.0. The van der Waals surface area contributed by atoms with Crippen molar-refractivity contribution in [1.82, 2.24) is 19.9 Å². The van der Waals surface area contributed by atoms with E-state index >= 15 is 0 Å². The van der Waals surface area contributed by atoms with Gasteiger partial charge in [0.15, 0.2) is 5.82 Å². The molecule has 0 bridgehead atoms. The van der Waals surface area contributed by atoms with Gasteiger partial charge in [-0.05, 0) is 29.5 Å². The van der Waals surface area contributed by atoms with E-state index in [2.05, 4.69) is 15.2 Å². The maximum absolute atomic E-state index is 11.8. The van der Waals surface area contributed by atoms with E-state index in [1.807, 2.05) is 11.4 Å². The van der Waals surface area contributed by atoms with Crippen LogP contribution in [-0.4, -0.2) is 19.9 Å². The first-order valence-electron chi connectivity index (χ1n) is 6.38. The molecule has 0 aliphatic carbocycles. The number of rotatable bonds is 5. The van der Waals surface area contributed by atoms with Gasteiger partial charge in [-0.2, -0.15) is 10.1 Å². The zero-order valence-corrected chi connectivity index (χ0v) is 13.5. The molecule has 0 amide bonds. The molecule has 0 aromatic carbocycles. The van der Waals surface area contributed by atoms with Crippen molar-refractivity contribution in [2.75, 3.05) is 0 Å². The minimum absolute atomic E-state index is 0.0939. The fourth-order valence-corrected chi connectivity index (χ4v) is 2.95. The van der Waals surface area contributed by atoms with Crippen LogP contribution in [0.25, 0.3) is 0 Å². The van der Waals surface area contributed by atoms with E-state index in [1.54, 1.807) is 0 Å². The van der Waals surface area contributed by atoms with Gasteiger partial charge in [-0.3, -0.25) is 4.79 Å². The third-order valence-electron chi connectivity index (χ3n) is 2.92. The molecule has 0 radical (unpaired) electrons. The van der Waals surface area contributed by atoms with Crippen molar-refractivity contribution in [2.45, 2.75) is 19.4 Å². The van der Waals surface area contributed by atoms with Crippen LogP contribution in [0.5, 0.6) is 0 Å². The molecule has 0 N–H and O–H groups in total. The Labute approximate surface area is 139 Å². The van der Waals surface area contributed by atoms with Gasteiger partial charge < -0.3 is 4.52 Å². The minimum Gasteiger partial charge on any atom is -0.337 e. The molecule has 0 atom stereocenters. The molecule has 3 heterocycles. The van der Waals surface area contributed by atoms with E-state index in [0.717, 1.165) is 16.3 Å². The van der Waals surface area contributed by atoms with Crippen LogP contribution in [0, 0.1) is 0 Å². The average Bonchev–Trinajstić information content (AvgIpc) is 3.11. The van der Waals surface area contributed by atoms with Crippen LogP contribution in [0.1, 0.15) is 17.3 Å². The molecule has 0 aliphatic rings. The van der Waals surface area contributed by atoms with Gasteiger partial charge in [0.1, 0.15) is 11.6 Å². The molecule has 9 heteroatoms. The topological polar surface area (TPSA) is 73.8 Å². The number of thiophene rings is 1. The Kier molecular flexibility index (Phi) is 4.56. The predicted octanol–water partition coefficient (Wildman–Crippen LogP) is 2.83. The molecule has 22 heavy (non-hydrogen) atoms. The highest BCUT2D eigenvalue weighted by Crippen LogP contribution is 2.20. The van der Waals surface area contributed by atoms with Crippen molar-refractivity contribution in [2.24, 2.45) is 0 Å². The summed E-state index contributed by atoms with van der Waals surface area (Å²) in [4.78, 5) is 16.0. The zero-order chi connectivity index (χ0) is 15.5. The molecule has 0 saturated heterocycles.